The standard InChI is InChI=1S/C14H9Cl2F2N3/c1-6-2-3-9(17)13(12(6)18)21-11-5-8(16)7(15)4-10(11)20-14(21)19/h2-5H,1H3,(H2,19,20). The van der Waals surface area contributed by atoms with Crippen LogP contribution in [0.25, 0.3) is 16.7 Å². The lowest BCUT2D eigenvalue weighted by Gasteiger charge is -2.11. The van der Waals surface area contributed by atoms with Gasteiger partial charge in [-0.15, -0.1) is 0 Å². The third kappa shape index (κ3) is 2.13. The number of fused-ring (bicyclic) bond motifs is 1. The van der Waals surface area contributed by atoms with Gasteiger partial charge in [0.15, 0.2) is 5.82 Å². The zero-order chi connectivity index (χ0) is 15.3. The van der Waals surface area contributed by atoms with Crippen LogP contribution in [0, 0.1) is 18.6 Å². The predicted molar refractivity (Wildman–Crippen MR) is 80.2 cm³/mol. The van der Waals surface area contributed by atoms with Gasteiger partial charge in [-0.2, -0.15) is 0 Å². The number of nitrogens with zero attached hydrogens (tertiary/aromatic N) is 2. The largest absolute Gasteiger partial charge is 0.369 e. The molecule has 0 aliphatic heterocycles. The van der Waals surface area contributed by atoms with E-state index < -0.39 is 11.6 Å². The Kier molecular flexibility index (Phi) is 3.26. The third-order valence-corrected chi connectivity index (χ3v) is 3.93. The molecule has 0 aliphatic rings. The molecule has 0 amide bonds. The van der Waals surface area contributed by atoms with Crippen LogP contribution in [0.2, 0.25) is 10.0 Å². The van der Waals surface area contributed by atoms with Gasteiger partial charge in [-0.3, -0.25) is 4.57 Å². The molecule has 3 nitrogen and oxygen atoms in total. The van der Waals surface area contributed by atoms with Gasteiger partial charge in [0.1, 0.15) is 11.5 Å². The minimum atomic E-state index is -0.741. The number of benzene rings is 2. The summed E-state index contributed by atoms with van der Waals surface area (Å²) < 4.78 is 29.6. The lowest BCUT2D eigenvalue weighted by molar-refractivity contribution is 0.566. The molecule has 2 N–H and O–H groups in total. The zero-order valence-electron chi connectivity index (χ0n) is 10.8. The van der Waals surface area contributed by atoms with E-state index in [4.69, 9.17) is 28.9 Å². The van der Waals surface area contributed by atoms with Gasteiger partial charge in [0.05, 0.1) is 21.1 Å². The molecular weight excluding hydrogens is 319 g/mol. The topological polar surface area (TPSA) is 43.8 Å². The van der Waals surface area contributed by atoms with Gasteiger partial charge in [0.2, 0.25) is 5.95 Å². The molecule has 0 unspecified atom stereocenters. The van der Waals surface area contributed by atoms with E-state index in [1.807, 2.05) is 0 Å². The van der Waals surface area contributed by atoms with Crippen LogP contribution in [0.5, 0.6) is 0 Å². The van der Waals surface area contributed by atoms with E-state index in [0.717, 1.165) is 0 Å². The molecule has 0 bridgehead atoms. The Labute approximate surface area is 128 Å². The number of anilines is 1. The summed E-state index contributed by atoms with van der Waals surface area (Å²) in [4.78, 5) is 4.07. The molecule has 1 heterocycles. The Morgan fingerprint density at radius 3 is 2.52 bits per heavy atom. The van der Waals surface area contributed by atoms with Crippen LogP contribution >= 0.6 is 23.2 Å². The van der Waals surface area contributed by atoms with Gasteiger partial charge in [-0.05, 0) is 30.7 Å². The summed E-state index contributed by atoms with van der Waals surface area (Å²) >= 11 is 11.9. The summed E-state index contributed by atoms with van der Waals surface area (Å²) in [5.74, 6) is -1.49. The summed E-state index contributed by atoms with van der Waals surface area (Å²) in [6, 6.07) is 5.51. The number of hydrogen-bond acceptors (Lipinski definition) is 2. The molecule has 0 aliphatic carbocycles. The molecule has 0 fully saturated rings. The molecule has 0 saturated heterocycles. The van der Waals surface area contributed by atoms with E-state index in [-0.39, 0.29) is 16.7 Å². The monoisotopic (exact) mass is 327 g/mol. The summed E-state index contributed by atoms with van der Waals surface area (Å²) in [6.45, 7) is 1.54. The van der Waals surface area contributed by atoms with E-state index in [1.54, 1.807) is 0 Å². The number of halogens is 4. The van der Waals surface area contributed by atoms with E-state index in [9.17, 15) is 8.78 Å². The number of aromatic nitrogens is 2. The van der Waals surface area contributed by atoms with E-state index in [0.29, 0.717) is 21.6 Å². The fourth-order valence-corrected chi connectivity index (χ4v) is 2.49. The normalized spacial score (nSPS) is 11.3. The molecular formula is C14H9Cl2F2N3. The van der Waals surface area contributed by atoms with E-state index in [1.165, 1.54) is 35.8 Å². The number of nitrogens with two attached hydrogens (primary N) is 1. The van der Waals surface area contributed by atoms with Crippen LogP contribution in [0.1, 0.15) is 5.56 Å². The first kappa shape index (κ1) is 14.1. The molecule has 1 aromatic heterocycles. The van der Waals surface area contributed by atoms with Crippen molar-refractivity contribution in [1.82, 2.24) is 9.55 Å². The molecule has 0 saturated carbocycles. The van der Waals surface area contributed by atoms with Crippen molar-refractivity contribution in [2.24, 2.45) is 0 Å². The lowest BCUT2D eigenvalue weighted by atomic mass is 10.2. The maximum Gasteiger partial charge on any atom is 0.206 e. The molecule has 0 spiro atoms. The third-order valence-electron chi connectivity index (χ3n) is 3.21. The highest BCUT2D eigenvalue weighted by Gasteiger charge is 2.20. The Balaban J connectivity index is 2.43. The number of aryl methyl sites for hydroxylation is 1. The van der Waals surface area contributed by atoms with Crippen LogP contribution in [0.3, 0.4) is 0 Å². The summed E-state index contributed by atoms with van der Waals surface area (Å²) in [5.41, 5.74) is 6.61. The van der Waals surface area contributed by atoms with Crippen molar-refractivity contribution < 1.29 is 8.78 Å². The average molecular weight is 328 g/mol. The van der Waals surface area contributed by atoms with Gasteiger partial charge in [-0.1, -0.05) is 29.3 Å². The van der Waals surface area contributed by atoms with Crippen molar-refractivity contribution in [2.75, 3.05) is 5.73 Å². The van der Waals surface area contributed by atoms with Crippen LogP contribution in [0.15, 0.2) is 24.3 Å². The SMILES string of the molecule is Cc1ccc(F)c(-n2c(N)nc3cc(Cl)c(Cl)cc32)c1F. The van der Waals surface area contributed by atoms with E-state index in [2.05, 4.69) is 4.98 Å². The van der Waals surface area contributed by atoms with Crippen molar-refractivity contribution in [2.45, 2.75) is 6.92 Å². The fraction of sp³-hybridized carbons (Fsp3) is 0.0714. The van der Waals surface area contributed by atoms with Crippen LogP contribution in [-0.4, -0.2) is 9.55 Å². The van der Waals surface area contributed by atoms with Crippen LogP contribution < -0.4 is 5.73 Å². The maximum absolute atomic E-state index is 14.3. The zero-order valence-corrected chi connectivity index (χ0v) is 12.3. The second-order valence-electron chi connectivity index (χ2n) is 4.59. The van der Waals surface area contributed by atoms with Crippen LogP contribution in [-0.2, 0) is 0 Å². The molecule has 7 heteroatoms. The predicted octanol–water partition coefficient (Wildman–Crippen LogP) is 4.50. The first-order valence-electron chi connectivity index (χ1n) is 5.98. The number of imidazole rings is 1. The van der Waals surface area contributed by atoms with Gasteiger partial charge in [-0.25, -0.2) is 13.8 Å². The Hall–Kier alpha value is -1.85. The Bertz CT molecular complexity index is 875. The number of rotatable bonds is 1. The summed E-state index contributed by atoms with van der Waals surface area (Å²) in [7, 11) is 0. The average Bonchev–Trinajstić information content (AvgIpc) is 2.72. The van der Waals surface area contributed by atoms with E-state index >= 15 is 0 Å². The molecule has 21 heavy (non-hydrogen) atoms. The molecule has 0 radical (unpaired) electrons. The molecule has 0 atom stereocenters. The smallest absolute Gasteiger partial charge is 0.206 e. The van der Waals surface area contributed by atoms with Gasteiger partial charge in [0, 0.05) is 0 Å². The second kappa shape index (κ2) is 4.86. The summed E-state index contributed by atoms with van der Waals surface area (Å²) in [5, 5.41) is 0.540. The van der Waals surface area contributed by atoms with Crippen molar-refractivity contribution in [3.8, 4) is 5.69 Å². The molecule has 3 aromatic rings. The van der Waals surface area contributed by atoms with Crippen molar-refractivity contribution in [3.05, 3.63) is 51.5 Å². The minimum Gasteiger partial charge on any atom is -0.369 e. The molecule has 108 valence electrons. The first-order chi connectivity index (χ1) is 9.90. The van der Waals surface area contributed by atoms with Crippen LogP contribution in [0.4, 0.5) is 14.7 Å². The summed E-state index contributed by atoms with van der Waals surface area (Å²) in [6.07, 6.45) is 0. The Morgan fingerprint density at radius 2 is 1.81 bits per heavy atom. The quantitative estimate of drug-likeness (QED) is 0.715. The highest BCUT2D eigenvalue weighted by Crippen LogP contribution is 2.32. The minimum absolute atomic E-state index is 0.0493. The highest BCUT2D eigenvalue weighted by molar-refractivity contribution is 6.42. The number of hydrogen-bond donors (Lipinski definition) is 1. The highest BCUT2D eigenvalue weighted by atomic mass is 35.5. The lowest BCUT2D eigenvalue weighted by Crippen LogP contribution is -2.06. The number of nitrogen functional groups attached to an aromatic ring is 1. The fourth-order valence-electron chi connectivity index (χ4n) is 2.17. The van der Waals surface area contributed by atoms with Gasteiger partial charge < -0.3 is 5.73 Å². The van der Waals surface area contributed by atoms with Crippen molar-refractivity contribution in [3.63, 3.8) is 0 Å². The maximum atomic E-state index is 14.3. The van der Waals surface area contributed by atoms with Gasteiger partial charge in [0.25, 0.3) is 0 Å². The molecule has 3 rings (SSSR count). The van der Waals surface area contributed by atoms with Crippen molar-refractivity contribution in [1.29, 1.82) is 0 Å². The Morgan fingerprint density at radius 1 is 1.14 bits per heavy atom. The second-order valence-corrected chi connectivity index (χ2v) is 5.40. The molecule has 2 aromatic carbocycles. The first-order valence-corrected chi connectivity index (χ1v) is 6.73. The van der Waals surface area contributed by atoms with Gasteiger partial charge >= 0.3 is 0 Å². The van der Waals surface area contributed by atoms with Crippen molar-refractivity contribution >= 4 is 40.2 Å².